The van der Waals surface area contributed by atoms with E-state index in [0.29, 0.717) is 24.3 Å². The average Bonchev–Trinajstić information content (AvgIpc) is 3.34. The molecule has 0 aliphatic carbocycles. The number of methoxy groups -OCH3 is 1. The molecule has 3 aromatic heterocycles. The number of nitrogens with zero attached hydrogens (tertiary/aromatic N) is 3. The molecule has 1 N–H and O–H groups in total. The Kier molecular flexibility index (Phi) is 3.91. The average molecular weight is 388 g/mol. The number of esters is 1. The smallest absolute Gasteiger partial charge is 0.337 e. The third kappa shape index (κ3) is 2.77. The van der Waals surface area contributed by atoms with E-state index in [2.05, 4.69) is 9.97 Å². The van der Waals surface area contributed by atoms with Crippen molar-refractivity contribution in [2.24, 2.45) is 0 Å². The lowest BCUT2D eigenvalue weighted by molar-refractivity contribution is 0.0600. The zero-order chi connectivity index (χ0) is 20.1. The van der Waals surface area contributed by atoms with Crippen molar-refractivity contribution < 1.29 is 14.3 Å². The molecule has 0 unspecified atom stereocenters. The van der Waals surface area contributed by atoms with Crippen LogP contribution in [0.3, 0.4) is 0 Å². The van der Waals surface area contributed by atoms with E-state index >= 15 is 0 Å². The summed E-state index contributed by atoms with van der Waals surface area (Å²) in [6.45, 7) is 3.09. The number of hydrogen-bond acceptors (Lipinski definition) is 4. The number of pyridine rings is 1. The van der Waals surface area contributed by atoms with E-state index in [1.165, 1.54) is 7.11 Å². The summed E-state index contributed by atoms with van der Waals surface area (Å²) in [5.74, 6) is -0.456. The predicted octanol–water partition coefficient (Wildman–Crippen LogP) is 3.11. The topological polar surface area (TPSA) is 79.7 Å². The summed E-state index contributed by atoms with van der Waals surface area (Å²) in [7, 11) is 1.37. The van der Waals surface area contributed by atoms with Crippen LogP contribution in [0, 0.1) is 6.92 Å². The SMILES string of the molecule is COC(=O)c1ccc2[nH]c3c(c2c1)CN(C(=O)c1cn2c(C)cccc2n1)CC3. The molecule has 4 aromatic rings. The van der Waals surface area contributed by atoms with Crippen molar-refractivity contribution in [2.45, 2.75) is 19.9 Å². The van der Waals surface area contributed by atoms with Crippen LogP contribution in [0.25, 0.3) is 16.6 Å². The van der Waals surface area contributed by atoms with Crippen molar-refractivity contribution in [1.29, 1.82) is 0 Å². The molecule has 0 atom stereocenters. The third-order valence-electron chi connectivity index (χ3n) is 5.60. The van der Waals surface area contributed by atoms with Gasteiger partial charge in [-0.3, -0.25) is 4.79 Å². The Morgan fingerprint density at radius 1 is 1.21 bits per heavy atom. The molecule has 7 nitrogen and oxygen atoms in total. The fourth-order valence-electron chi connectivity index (χ4n) is 4.05. The fraction of sp³-hybridized carbons (Fsp3) is 0.227. The van der Waals surface area contributed by atoms with Crippen LogP contribution in [0.2, 0.25) is 0 Å². The van der Waals surface area contributed by atoms with Gasteiger partial charge in [0.2, 0.25) is 0 Å². The van der Waals surface area contributed by atoms with Gasteiger partial charge in [-0.05, 0) is 37.3 Å². The lowest BCUT2D eigenvalue weighted by atomic mass is 10.0. The summed E-state index contributed by atoms with van der Waals surface area (Å²) in [6, 6.07) is 11.3. The first-order valence-electron chi connectivity index (χ1n) is 9.51. The Morgan fingerprint density at radius 2 is 2.07 bits per heavy atom. The largest absolute Gasteiger partial charge is 0.465 e. The van der Waals surface area contributed by atoms with Crippen molar-refractivity contribution in [1.82, 2.24) is 19.3 Å². The molecule has 7 heteroatoms. The molecule has 0 saturated heterocycles. The quantitative estimate of drug-likeness (QED) is 0.535. The van der Waals surface area contributed by atoms with E-state index in [1.54, 1.807) is 12.3 Å². The predicted molar refractivity (Wildman–Crippen MR) is 108 cm³/mol. The van der Waals surface area contributed by atoms with E-state index in [4.69, 9.17) is 4.74 Å². The second kappa shape index (κ2) is 6.48. The van der Waals surface area contributed by atoms with Crippen LogP contribution < -0.4 is 0 Å². The zero-order valence-corrected chi connectivity index (χ0v) is 16.2. The molecule has 29 heavy (non-hydrogen) atoms. The van der Waals surface area contributed by atoms with Crippen molar-refractivity contribution in [3.63, 3.8) is 0 Å². The highest BCUT2D eigenvalue weighted by atomic mass is 16.5. The van der Waals surface area contributed by atoms with Crippen molar-refractivity contribution in [3.8, 4) is 0 Å². The molecular formula is C22H20N4O3. The van der Waals surface area contributed by atoms with Crippen molar-refractivity contribution in [2.75, 3.05) is 13.7 Å². The van der Waals surface area contributed by atoms with Gasteiger partial charge in [0.05, 0.1) is 12.7 Å². The summed E-state index contributed by atoms with van der Waals surface area (Å²) in [5, 5.41) is 0.950. The van der Waals surface area contributed by atoms with Gasteiger partial charge >= 0.3 is 5.97 Å². The van der Waals surface area contributed by atoms with Crippen molar-refractivity contribution in [3.05, 3.63) is 70.8 Å². The number of ether oxygens (including phenoxy) is 1. The first-order chi connectivity index (χ1) is 14.0. The lowest BCUT2D eigenvalue weighted by Crippen LogP contribution is -2.36. The number of nitrogens with one attached hydrogen (secondary N) is 1. The molecule has 1 aliphatic heterocycles. The van der Waals surface area contributed by atoms with E-state index < -0.39 is 0 Å². The number of H-pyrrole nitrogens is 1. The number of benzene rings is 1. The van der Waals surface area contributed by atoms with E-state index in [9.17, 15) is 9.59 Å². The molecule has 0 bridgehead atoms. The van der Waals surface area contributed by atoms with Gasteiger partial charge in [0.1, 0.15) is 11.3 Å². The standard InChI is InChI=1S/C22H20N4O3/c1-13-4-3-5-20-24-19(12-26(13)20)21(27)25-9-8-18-16(11-25)15-10-14(22(28)29-2)6-7-17(15)23-18/h3-7,10,12,23H,8-9,11H2,1-2H3. The van der Waals surface area contributed by atoms with E-state index in [0.717, 1.165) is 39.9 Å². The second-order valence-electron chi connectivity index (χ2n) is 7.33. The molecule has 0 fully saturated rings. The molecule has 1 aliphatic rings. The molecule has 5 rings (SSSR count). The molecule has 1 aromatic carbocycles. The van der Waals surface area contributed by atoms with Gasteiger partial charge in [-0.15, -0.1) is 0 Å². The summed E-state index contributed by atoms with van der Waals surface area (Å²) >= 11 is 0. The molecule has 0 spiro atoms. The van der Waals surface area contributed by atoms with Crippen LogP contribution in [-0.2, 0) is 17.7 Å². The van der Waals surface area contributed by atoms with Crippen LogP contribution in [-0.4, -0.2) is 44.8 Å². The normalized spacial score (nSPS) is 13.7. The summed E-state index contributed by atoms with van der Waals surface area (Å²) in [5.41, 5.74) is 5.85. The maximum atomic E-state index is 13.1. The number of hydrogen-bond donors (Lipinski definition) is 1. The highest BCUT2D eigenvalue weighted by molar-refractivity contribution is 5.97. The number of amides is 1. The number of aromatic nitrogens is 3. The number of fused-ring (bicyclic) bond motifs is 4. The molecule has 146 valence electrons. The van der Waals surface area contributed by atoms with Crippen molar-refractivity contribution >= 4 is 28.4 Å². The van der Waals surface area contributed by atoms with E-state index in [1.807, 2.05) is 46.6 Å². The van der Waals surface area contributed by atoms with Crippen LogP contribution >= 0.6 is 0 Å². The number of aryl methyl sites for hydroxylation is 1. The van der Waals surface area contributed by atoms with Gasteiger partial charge in [-0.2, -0.15) is 0 Å². The molecular weight excluding hydrogens is 368 g/mol. The van der Waals surface area contributed by atoms with Gasteiger partial charge in [0, 0.05) is 53.6 Å². The van der Waals surface area contributed by atoms with Gasteiger partial charge in [0.15, 0.2) is 0 Å². The van der Waals surface area contributed by atoms with E-state index in [-0.39, 0.29) is 11.9 Å². The minimum atomic E-state index is -0.370. The molecule has 0 radical (unpaired) electrons. The number of carbonyl (C=O) groups is 2. The number of aromatic amines is 1. The van der Waals surface area contributed by atoms with Crippen LogP contribution in [0.5, 0.6) is 0 Å². The highest BCUT2D eigenvalue weighted by Gasteiger charge is 2.26. The Morgan fingerprint density at radius 3 is 2.86 bits per heavy atom. The van der Waals surface area contributed by atoms with Crippen LogP contribution in [0.15, 0.2) is 42.6 Å². The Hall–Kier alpha value is -3.61. The van der Waals surface area contributed by atoms with Gasteiger partial charge in [-0.25, -0.2) is 9.78 Å². The first-order valence-corrected chi connectivity index (χ1v) is 9.51. The fourth-order valence-corrected chi connectivity index (χ4v) is 4.05. The van der Waals surface area contributed by atoms with Gasteiger partial charge in [0.25, 0.3) is 5.91 Å². The van der Waals surface area contributed by atoms with Crippen LogP contribution in [0.1, 0.15) is 37.8 Å². The monoisotopic (exact) mass is 388 g/mol. The van der Waals surface area contributed by atoms with Gasteiger partial charge in [-0.1, -0.05) is 6.07 Å². The number of rotatable bonds is 2. The zero-order valence-electron chi connectivity index (χ0n) is 16.2. The number of carbonyl (C=O) groups excluding carboxylic acids is 2. The minimum absolute atomic E-state index is 0.0859. The third-order valence-corrected chi connectivity index (χ3v) is 5.60. The lowest BCUT2D eigenvalue weighted by Gasteiger charge is -2.26. The van der Waals surface area contributed by atoms with Crippen LogP contribution in [0.4, 0.5) is 0 Å². The Bertz CT molecular complexity index is 1280. The maximum absolute atomic E-state index is 13.1. The summed E-state index contributed by atoms with van der Waals surface area (Å²) in [6.07, 6.45) is 2.53. The summed E-state index contributed by atoms with van der Waals surface area (Å²) in [4.78, 5) is 34.8. The Balaban J connectivity index is 1.49. The maximum Gasteiger partial charge on any atom is 0.337 e. The summed E-state index contributed by atoms with van der Waals surface area (Å²) < 4.78 is 6.76. The number of imidazole rings is 1. The first kappa shape index (κ1) is 17.5. The highest BCUT2D eigenvalue weighted by Crippen LogP contribution is 2.29. The second-order valence-corrected chi connectivity index (χ2v) is 7.33. The molecule has 0 saturated carbocycles. The Labute approximate surface area is 166 Å². The molecule has 4 heterocycles. The minimum Gasteiger partial charge on any atom is -0.465 e. The van der Waals surface area contributed by atoms with Gasteiger partial charge < -0.3 is 19.0 Å². The molecule has 1 amide bonds.